The van der Waals surface area contributed by atoms with Crippen LogP contribution in [0.3, 0.4) is 0 Å². The summed E-state index contributed by atoms with van der Waals surface area (Å²) in [6, 6.07) is 7.89. The normalized spacial score (nSPS) is 10.2. The summed E-state index contributed by atoms with van der Waals surface area (Å²) < 4.78 is 5.35. The molecule has 0 unspecified atom stereocenters. The molecule has 0 atom stereocenters. The summed E-state index contributed by atoms with van der Waals surface area (Å²) in [7, 11) is 0. The van der Waals surface area contributed by atoms with Crippen LogP contribution < -0.4 is 5.43 Å². The number of hydrogen-bond donors (Lipinski definition) is 1. The van der Waals surface area contributed by atoms with Crippen LogP contribution in [0.5, 0.6) is 0 Å². The van der Waals surface area contributed by atoms with Gasteiger partial charge in [0.05, 0.1) is 22.9 Å². The summed E-state index contributed by atoms with van der Waals surface area (Å²) in [6.45, 7) is 2.64. The lowest BCUT2D eigenvalue weighted by atomic mass is 10.0. The minimum Gasteiger partial charge on any atom is -0.462 e. The van der Waals surface area contributed by atoms with Crippen LogP contribution in [0.15, 0.2) is 23.3 Å². The topological polar surface area (TPSA) is 98.3 Å². The minimum atomic E-state index is -0.436. The molecule has 0 aliphatic carbocycles. The molecule has 0 aromatic heterocycles. The van der Waals surface area contributed by atoms with Gasteiger partial charge in [0.2, 0.25) is 5.71 Å². The van der Waals surface area contributed by atoms with Crippen molar-refractivity contribution in [3.8, 4) is 12.1 Å². The lowest BCUT2D eigenvalue weighted by Gasteiger charge is -2.08. The molecule has 0 spiro atoms. The second-order valence-corrected chi connectivity index (χ2v) is 8.63. The van der Waals surface area contributed by atoms with Crippen molar-refractivity contribution in [3.05, 3.63) is 28.8 Å². The number of carbonyl (C=O) groups excluding carboxylic acids is 1. The third-order valence-electron chi connectivity index (χ3n) is 5.43. The maximum atomic E-state index is 12.3. The number of hydrazone groups is 1. The zero-order valence-corrected chi connectivity index (χ0v) is 20.6. The SMILES string of the molecule is CCCCCCCCCCCCCCCCOC(=O)c1ccc(Cl)c(NN=C(C#N)C#N)c1. The molecule has 1 rings (SSSR count). The van der Waals surface area contributed by atoms with Crippen molar-refractivity contribution >= 4 is 29.0 Å². The van der Waals surface area contributed by atoms with Gasteiger partial charge in [-0.15, -0.1) is 0 Å². The molecule has 33 heavy (non-hydrogen) atoms. The molecular formula is C26H37ClN4O2. The zero-order valence-electron chi connectivity index (χ0n) is 19.9. The lowest BCUT2D eigenvalue weighted by Crippen LogP contribution is -2.07. The number of benzene rings is 1. The van der Waals surface area contributed by atoms with E-state index in [1.807, 2.05) is 0 Å². The van der Waals surface area contributed by atoms with Crippen molar-refractivity contribution in [3.63, 3.8) is 0 Å². The first-order chi connectivity index (χ1) is 16.1. The molecule has 0 saturated heterocycles. The molecule has 1 aromatic rings. The van der Waals surface area contributed by atoms with Crippen LogP contribution in [-0.4, -0.2) is 18.3 Å². The number of nitrogens with one attached hydrogen (secondary N) is 1. The van der Waals surface area contributed by atoms with Crippen LogP contribution in [0.1, 0.15) is 107 Å². The highest BCUT2D eigenvalue weighted by Crippen LogP contribution is 2.23. The number of carbonyl (C=O) groups is 1. The van der Waals surface area contributed by atoms with E-state index in [9.17, 15) is 4.79 Å². The standard InChI is InChI=1S/C26H37ClN4O2/c1-2-3-4-5-6-7-8-9-10-11-12-13-14-15-18-33-26(32)22-16-17-24(27)25(19-22)31-30-23(20-28)21-29/h16-17,19,31H,2-15,18H2,1H3. The van der Waals surface area contributed by atoms with Gasteiger partial charge in [-0.2, -0.15) is 15.6 Å². The van der Waals surface area contributed by atoms with E-state index in [0.29, 0.717) is 22.9 Å². The Morgan fingerprint density at radius 3 is 1.94 bits per heavy atom. The molecule has 7 heteroatoms. The molecule has 1 N–H and O–H groups in total. The number of nitriles is 2. The van der Waals surface area contributed by atoms with Crippen molar-refractivity contribution in [2.45, 2.75) is 96.8 Å². The Balaban J connectivity index is 2.12. The van der Waals surface area contributed by atoms with Crippen LogP contribution >= 0.6 is 11.6 Å². The number of halogens is 1. The molecule has 180 valence electrons. The summed E-state index contributed by atoms with van der Waals surface area (Å²) in [5.74, 6) is -0.436. The van der Waals surface area contributed by atoms with Crippen LogP contribution in [0.25, 0.3) is 0 Å². The van der Waals surface area contributed by atoms with Gasteiger partial charge in [0.1, 0.15) is 12.1 Å². The number of ether oxygens (including phenoxy) is 1. The monoisotopic (exact) mass is 472 g/mol. The van der Waals surface area contributed by atoms with E-state index in [2.05, 4.69) is 17.5 Å². The predicted octanol–water partition coefficient (Wildman–Crippen LogP) is 7.79. The fraction of sp³-hybridized carbons (Fsp3) is 0.615. The van der Waals surface area contributed by atoms with Crippen molar-refractivity contribution in [2.24, 2.45) is 5.10 Å². The van der Waals surface area contributed by atoms with Crippen LogP contribution in [0.2, 0.25) is 5.02 Å². The lowest BCUT2D eigenvalue weighted by molar-refractivity contribution is 0.0497. The van der Waals surface area contributed by atoms with Crippen molar-refractivity contribution in [2.75, 3.05) is 12.0 Å². The first kappa shape index (κ1) is 28.5. The van der Waals surface area contributed by atoms with Crippen LogP contribution in [0.4, 0.5) is 5.69 Å². The van der Waals surface area contributed by atoms with Gasteiger partial charge in [-0.3, -0.25) is 5.43 Å². The van der Waals surface area contributed by atoms with E-state index < -0.39 is 5.97 Å². The number of nitrogens with zero attached hydrogens (tertiary/aromatic N) is 3. The smallest absolute Gasteiger partial charge is 0.338 e. The highest BCUT2D eigenvalue weighted by atomic mass is 35.5. The maximum Gasteiger partial charge on any atom is 0.338 e. The Labute approximate surface area is 204 Å². The third-order valence-corrected chi connectivity index (χ3v) is 5.76. The molecule has 0 bridgehead atoms. The zero-order chi connectivity index (χ0) is 24.2. The largest absolute Gasteiger partial charge is 0.462 e. The van der Waals surface area contributed by atoms with Crippen LogP contribution in [-0.2, 0) is 4.74 Å². The van der Waals surface area contributed by atoms with Crippen molar-refractivity contribution < 1.29 is 9.53 Å². The molecule has 0 aliphatic rings. The van der Waals surface area contributed by atoms with E-state index in [1.165, 1.54) is 83.1 Å². The number of unbranched alkanes of at least 4 members (excludes halogenated alkanes) is 13. The minimum absolute atomic E-state index is 0.317. The quantitative estimate of drug-likeness (QED) is 0.102. The van der Waals surface area contributed by atoms with Gasteiger partial charge < -0.3 is 4.74 Å². The molecule has 0 saturated carbocycles. The second-order valence-electron chi connectivity index (χ2n) is 8.22. The van der Waals surface area contributed by atoms with Crippen LogP contribution in [0, 0.1) is 22.7 Å². The maximum absolute atomic E-state index is 12.3. The number of anilines is 1. The van der Waals surface area contributed by atoms with Crippen molar-refractivity contribution in [1.29, 1.82) is 10.5 Å². The number of esters is 1. The van der Waals surface area contributed by atoms with E-state index in [4.69, 9.17) is 26.9 Å². The summed E-state index contributed by atoms with van der Waals surface area (Å²) in [5.41, 5.74) is 2.86. The summed E-state index contributed by atoms with van der Waals surface area (Å²) in [4.78, 5) is 12.3. The Bertz CT molecular complexity index is 795. The van der Waals surface area contributed by atoms with Gasteiger partial charge in [-0.05, 0) is 24.6 Å². The van der Waals surface area contributed by atoms with Gasteiger partial charge in [0.25, 0.3) is 0 Å². The van der Waals surface area contributed by atoms with Gasteiger partial charge in [0, 0.05) is 0 Å². The van der Waals surface area contributed by atoms with Gasteiger partial charge >= 0.3 is 5.97 Å². The summed E-state index contributed by atoms with van der Waals surface area (Å²) >= 11 is 6.07. The average molecular weight is 473 g/mol. The fourth-order valence-electron chi connectivity index (χ4n) is 3.47. The molecule has 1 aromatic carbocycles. The Morgan fingerprint density at radius 1 is 0.909 bits per heavy atom. The van der Waals surface area contributed by atoms with Gasteiger partial charge in [-0.1, -0.05) is 102 Å². The Kier molecular flexibility index (Phi) is 16.3. The molecule has 0 aliphatic heterocycles. The first-order valence-electron chi connectivity index (χ1n) is 12.2. The fourth-order valence-corrected chi connectivity index (χ4v) is 3.63. The van der Waals surface area contributed by atoms with Gasteiger partial charge in [-0.25, -0.2) is 4.79 Å². The average Bonchev–Trinajstić information content (AvgIpc) is 2.83. The molecule has 0 fully saturated rings. The number of rotatable bonds is 18. The van der Waals surface area contributed by atoms with E-state index >= 15 is 0 Å². The molecule has 0 amide bonds. The highest BCUT2D eigenvalue weighted by molar-refractivity contribution is 6.33. The molecule has 0 radical (unpaired) electrons. The first-order valence-corrected chi connectivity index (χ1v) is 12.6. The summed E-state index contributed by atoms with van der Waals surface area (Å²) in [5, 5.41) is 21.4. The Hall–Kier alpha value is -2.57. The highest BCUT2D eigenvalue weighted by Gasteiger charge is 2.10. The van der Waals surface area contributed by atoms with E-state index in [-0.39, 0.29) is 5.71 Å². The number of hydrogen-bond acceptors (Lipinski definition) is 6. The van der Waals surface area contributed by atoms with E-state index in [0.717, 1.165) is 12.8 Å². The Morgan fingerprint density at radius 2 is 1.42 bits per heavy atom. The van der Waals surface area contributed by atoms with Crippen molar-refractivity contribution in [1.82, 2.24) is 0 Å². The molecule has 6 nitrogen and oxygen atoms in total. The van der Waals surface area contributed by atoms with Gasteiger partial charge in [0.15, 0.2) is 0 Å². The third kappa shape index (κ3) is 13.5. The molecular weight excluding hydrogens is 436 g/mol. The summed E-state index contributed by atoms with van der Waals surface area (Å²) in [6.07, 6.45) is 17.9. The van der Waals surface area contributed by atoms with E-state index in [1.54, 1.807) is 24.3 Å². The molecule has 0 heterocycles. The predicted molar refractivity (Wildman–Crippen MR) is 134 cm³/mol. The second kappa shape index (κ2) is 18.9.